The Morgan fingerprint density at radius 2 is 1.35 bits per heavy atom. The number of fused-ring (bicyclic) bond motifs is 3. The summed E-state index contributed by atoms with van der Waals surface area (Å²) >= 11 is 1.93. The van der Waals surface area contributed by atoms with Crippen LogP contribution < -0.4 is 0 Å². The monoisotopic (exact) mass is 272 g/mol. The van der Waals surface area contributed by atoms with Crippen molar-refractivity contribution in [1.29, 1.82) is 0 Å². The second-order valence-corrected chi connectivity index (χ2v) is 6.51. The predicted molar refractivity (Wildman–Crippen MR) is 90.3 cm³/mol. The zero-order chi connectivity index (χ0) is 13.3. The Bertz CT molecular complexity index is 1100. The quantitative estimate of drug-likeness (QED) is 0.298. The highest BCUT2D eigenvalue weighted by atomic mass is 32.1. The van der Waals surface area contributed by atoms with Crippen molar-refractivity contribution in [3.05, 3.63) is 60.2 Å². The molecule has 1 heteroatoms. The lowest BCUT2D eigenvalue weighted by Crippen LogP contribution is -1.82. The van der Waals surface area contributed by atoms with Gasteiger partial charge in [0.15, 0.2) is 0 Å². The first-order chi connectivity index (χ1) is 9.84. The molecule has 0 atom stereocenters. The number of aryl methyl sites for hydroxylation is 1. The van der Waals surface area contributed by atoms with Crippen LogP contribution in [0, 0.1) is 6.92 Å². The Balaban J connectivity index is 2.32. The zero-order valence-corrected chi connectivity index (χ0v) is 11.9. The van der Waals surface area contributed by atoms with Gasteiger partial charge in [0, 0.05) is 20.2 Å². The maximum absolute atomic E-state index is 2.29. The number of benzene rings is 4. The van der Waals surface area contributed by atoms with Gasteiger partial charge in [-0.05, 0) is 40.1 Å². The summed E-state index contributed by atoms with van der Waals surface area (Å²) in [5, 5.41) is 8.43. The van der Waals surface area contributed by atoms with E-state index in [1.807, 2.05) is 11.3 Å². The normalized spacial score (nSPS) is 12.2. The summed E-state index contributed by atoms with van der Waals surface area (Å²) in [5.41, 5.74) is 1.38. The third-order valence-corrected chi connectivity index (χ3v) is 5.64. The summed E-state index contributed by atoms with van der Waals surface area (Å²) in [6.07, 6.45) is 0. The molecular weight excluding hydrogens is 260 g/mol. The van der Waals surface area contributed by atoms with Gasteiger partial charge >= 0.3 is 0 Å². The topological polar surface area (TPSA) is 0 Å². The van der Waals surface area contributed by atoms with Crippen molar-refractivity contribution >= 4 is 53.1 Å². The summed E-state index contributed by atoms with van der Waals surface area (Å²) in [4.78, 5) is 0. The fourth-order valence-electron chi connectivity index (χ4n) is 3.45. The zero-order valence-electron chi connectivity index (χ0n) is 11.1. The Morgan fingerprint density at radius 1 is 0.650 bits per heavy atom. The van der Waals surface area contributed by atoms with Gasteiger partial charge in [0.2, 0.25) is 0 Å². The Morgan fingerprint density at radius 3 is 2.15 bits per heavy atom. The predicted octanol–water partition coefficient (Wildman–Crippen LogP) is 6.11. The molecule has 5 rings (SSSR count). The maximum atomic E-state index is 2.29. The minimum atomic E-state index is 1.37. The maximum Gasteiger partial charge on any atom is 0.0391 e. The van der Waals surface area contributed by atoms with Gasteiger partial charge < -0.3 is 0 Å². The molecule has 4 aromatic carbocycles. The SMILES string of the molecule is Cc1ccc2c3ccccc3c3cccc4sc1c2c43. The molecule has 1 aromatic heterocycles. The largest absolute Gasteiger partial charge is 0.135 e. The van der Waals surface area contributed by atoms with Gasteiger partial charge in [-0.3, -0.25) is 0 Å². The standard InChI is InChI=1S/C19H12S/c1-11-9-10-15-13-6-3-2-5-12(13)14-7-4-8-16-17(14)18(15)19(11)20-16/h2-10H,1H3. The molecule has 0 aliphatic heterocycles. The molecule has 0 saturated carbocycles. The molecule has 0 saturated heterocycles. The van der Waals surface area contributed by atoms with Gasteiger partial charge in [-0.1, -0.05) is 48.5 Å². The molecular formula is C19H12S. The van der Waals surface area contributed by atoms with E-state index in [2.05, 4.69) is 61.5 Å². The van der Waals surface area contributed by atoms with E-state index in [1.165, 1.54) is 47.3 Å². The molecule has 5 aromatic rings. The van der Waals surface area contributed by atoms with E-state index in [4.69, 9.17) is 0 Å². The summed E-state index contributed by atoms with van der Waals surface area (Å²) in [6, 6.07) is 20.0. The highest BCUT2D eigenvalue weighted by Crippen LogP contribution is 2.45. The summed E-state index contributed by atoms with van der Waals surface area (Å²) in [7, 11) is 0. The highest BCUT2D eigenvalue weighted by molar-refractivity contribution is 7.26. The molecule has 0 N–H and O–H groups in total. The number of rotatable bonds is 0. The van der Waals surface area contributed by atoms with Crippen molar-refractivity contribution < 1.29 is 0 Å². The smallest absolute Gasteiger partial charge is 0.0391 e. The number of hydrogen-bond donors (Lipinski definition) is 0. The average molecular weight is 272 g/mol. The minimum Gasteiger partial charge on any atom is -0.135 e. The van der Waals surface area contributed by atoms with Gasteiger partial charge in [0.05, 0.1) is 0 Å². The van der Waals surface area contributed by atoms with Crippen LogP contribution in [-0.4, -0.2) is 0 Å². The molecule has 20 heavy (non-hydrogen) atoms. The lowest BCUT2D eigenvalue weighted by molar-refractivity contribution is 1.57. The molecule has 0 unspecified atom stereocenters. The Hall–Kier alpha value is -2.12. The van der Waals surface area contributed by atoms with E-state index < -0.39 is 0 Å². The van der Waals surface area contributed by atoms with E-state index in [0.29, 0.717) is 0 Å². The van der Waals surface area contributed by atoms with E-state index in [-0.39, 0.29) is 0 Å². The first kappa shape index (κ1) is 10.6. The molecule has 1 heterocycles. The van der Waals surface area contributed by atoms with Gasteiger partial charge in [0.1, 0.15) is 0 Å². The summed E-state index contributed by atoms with van der Waals surface area (Å²) in [6.45, 7) is 2.22. The number of hydrogen-bond acceptors (Lipinski definition) is 1. The Kier molecular flexibility index (Phi) is 1.86. The molecule has 0 amide bonds. The molecule has 0 nitrogen and oxygen atoms in total. The van der Waals surface area contributed by atoms with Gasteiger partial charge in [-0.15, -0.1) is 11.3 Å². The third-order valence-electron chi connectivity index (χ3n) is 4.35. The Labute approximate surface area is 120 Å². The highest BCUT2D eigenvalue weighted by Gasteiger charge is 2.15. The molecule has 0 fully saturated rings. The van der Waals surface area contributed by atoms with Crippen LogP contribution in [0.2, 0.25) is 0 Å². The van der Waals surface area contributed by atoms with Crippen molar-refractivity contribution in [2.24, 2.45) is 0 Å². The van der Waals surface area contributed by atoms with Gasteiger partial charge in [0.25, 0.3) is 0 Å². The lowest BCUT2D eigenvalue weighted by Gasteiger charge is -2.09. The van der Waals surface area contributed by atoms with Crippen molar-refractivity contribution in [3.8, 4) is 0 Å². The second-order valence-electron chi connectivity index (χ2n) is 5.46. The van der Waals surface area contributed by atoms with E-state index >= 15 is 0 Å². The van der Waals surface area contributed by atoms with E-state index in [9.17, 15) is 0 Å². The van der Waals surface area contributed by atoms with Crippen LogP contribution in [0.4, 0.5) is 0 Å². The second kappa shape index (κ2) is 3.50. The fraction of sp³-hybridized carbons (Fsp3) is 0.0526. The fourth-order valence-corrected chi connectivity index (χ4v) is 4.68. The summed E-state index contributed by atoms with van der Waals surface area (Å²) < 4.78 is 2.85. The van der Waals surface area contributed by atoms with Crippen LogP contribution in [0.1, 0.15) is 5.56 Å². The van der Waals surface area contributed by atoms with Crippen LogP contribution in [0.25, 0.3) is 41.7 Å². The van der Waals surface area contributed by atoms with Crippen molar-refractivity contribution in [1.82, 2.24) is 0 Å². The first-order valence-corrected chi connectivity index (χ1v) is 7.71. The lowest BCUT2D eigenvalue weighted by atomic mass is 9.93. The molecule has 0 aliphatic rings. The van der Waals surface area contributed by atoms with Crippen LogP contribution in [-0.2, 0) is 0 Å². The summed E-state index contributed by atoms with van der Waals surface area (Å²) in [5.74, 6) is 0. The molecule has 0 spiro atoms. The van der Waals surface area contributed by atoms with Crippen molar-refractivity contribution in [2.45, 2.75) is 6.92 Å². The number of thiophene rings is 1. The van der Waals surface area contributed by atoms with Crippen molar-refractivity contribution in [3.63, 3.8) is 0 Å². The van der Waals surface area contributed by atoms with E-state index in [1.54, 1.807) is 0 Å². The first-order valence-electron chi connectivity index (χ1n) is 6.89. The van der Waals surface area contributed by atoms with Crippen LogP contribution in [0.3, 0.4) is 0 Å². The van der Waals surface area contributed by atoms with Crippen LogP contribution in [0.15, 0.2) is 54.6 Å². The third kappa shape index (κ3) is 1.13. The van der Waals surface area contributed by atoms with Crippen LogP contribution >= 0.6 is 11.3 Å². The molecule has 0 radical (unpaired) electrons. The van der Waals surface area contributed by atoms with Crippen LogP contribution in [0.5, 0.6) is 0 Å². The van der Waals surface area contributed by atoms with Crippen molar-refractivity contribution in [2.75, 3.05) is 0 Å². The molecule has 0 bridgehead atoms. The van der Waals surface area contributed by atoms with Gasteiger partial charge in [-0.2, -0.15) is 0 Å². The average Bonchev–Trinajstić information content (AvgIpc) is 2.89. The minimum absolute atomic E-state index is 1.37. The molecule has 94 valence electrons. The van der Waals surface area contributed by atoms with E-state index in [0.717, 1.165) is 0 Å². The van der Waals surface area contributed by atoms with Gasteiger partial charge in [-0.25, -0.2) is 0 Å². The molecule has 0 aliphatic carbocycles.